The van der Waals surface area contributed by atoms with E-state index in [2.05, 4.69) is 83.3 Å². The number of para-hydroxylation sites is 1. The smallest absolute Gasteiger partial charge is 0.321 e. The highest BCUT2D eigenvalue weighted by atomic mass is 16.5. The Labute approximate surface area is 248 Å². The molecule has 1 aromatic heterocycles. The van der Waals surface area contributed by atoms with E-state index in [1.165, 1.54) is 11.3 Å². The average molecular weight is 567 g/mol. The third-order valence-electron chi connectivity index (χ3n) is 8.38. The normalized spacial score (nSPS) is 16.3. The van der Waals surface area contributed by atoms with Gasteiger partial charge in [0.05, 0.1) is 11.2 Å². The summed E-state index contributed by atoms with van der Waals surface area (Å²) < 4.78 is 6.02. The van der Waals surface area contributed by atoms with Crippen LogP contribution < -0.4 is 15.0 Å². The molecule has 0 bridgehead atoms. The minimum Gasteiger partial charge on any atom is -0.492 e. The van der Waals surface area contributed by atoms with Gasteiger partial charge in [0.2, 0.25) is 0 Å². The molecule has 0 radical (unpaired) electrons. The predicted octanol–water partition coefficient (Wildman–Crippen LogP) is 6.36. The summed E-state index contributed by atoms with van der Waals surface area (Å²) in [6.45, 7) is 13.8. The van der Waals surface area contributed by atoms with Gasteiger partial charge in [-0.1, -0.05) is 45.0 Å². The number of aromatic amines is 1. The summed E-state index contributed by atoms with van der Waals surface area (Å²) in [5.74, 6) is 1.74. The van der Waals surface area contributed by atoms with Crippen LogP contribution in [0.25, 0.3) is 22.4 Å². The number of ether oxygens (including phenoxy) is 1. The molecule has 3 aromatic carbocycles. The number of carbonyl (C=O) groups excluding carboxylic acids is 1. The molecule has 2 N–H and O–H groups in total. The van der Waals surface area contributed by atoms with Crippen molar-refractivity contribution in [1.29, 1.82) is 0 Å². The Bertz CT molecular complexity index is 1510. The van der Waals surface area contributed by atoms with Crippen LogP contribution in [0.2, 0.25) is 0 Å². The van der Waals surface area contributed by atoms with Gasteiger partial charge in [0.1, 0.15) is 23.7 Å². The number of benzene rings is 3. The quantitative estimate of drug-likeness (QED) is 0.272. The SMILES string of the molecule is CC(C)(C)c1cccc(-c2nc3c(N4CCN(CCOc5ccc(NC(=O)N6CCCC6)cc5)CC4)cccc3[nH]2)c1. The van der Waals surface area contributed by atoms with Gasteiger partial charge in [-0.3, -0.25) is 4.90 Å². The van der Waals surface area contributed by atoms with Gasteiger partial charge in [-0.25, -0.2) is 9.78 Å². The zero-order valence-corrected chi connectivity index (χ0v) is 25.0. The number of carbonyl (C=O) groups is 1. The molecular formula is C34H42N6O2. The Balaban J connectivity index is 1.01. The summed E-state index contributed by atoms with van der Waals surface area (Å²) >= 11 is 0. The number of rotatable bonds is 7. The van der Waals surface area contributed by atoms with E-state index in [9.17, 15) is 4.79 Å². The van der Waals surface area contributed by atoms with E-state index in [1.54, 1.807) is 0 Å². The van der Waals surface area contributed by atoms with Crippen molar-refractivity contribution >= 4 is 28.4 Å². The maximum Gasteiger partial charge on any atom is 0.321 e. The Morgan fingerprint density at radius 2 is 1.67 bits per heavy atom. The van der Waals surface area contributed by atoms with E-state index in [0.717, 1.165) is 92.5 Å². The van der Waals surface area contributed by atoms with Gasteiger partial charge < -0.3 is 24.8 Å². The Kier molecular flexibility index (Phi) is 8.07. The maximum absolute atomic E-state index is 12.3. The van der Waals surface area contributed by atoms with E-state index in [1.807, 2.05) is 29.2 Å². The van der Waals surface area contributed by atoms with Crippen LogP contribution in [-0.4, -0.2) is 78.2 Å². The summed E-state index contributed by atoms with van der Waals surface area (Å²) in [5, 5.41) is 2.98. The fourth-order valence-corrected chi connectivity index (χ4v) is 5.80. The standard InChI is InChI=1S/C34H42N6O2/c1-34(2,3)26-9-6-8-25(24-26)32-36-29-10-7-11-30(31(29)37-32)39-20-18-38(19-21-39)22-23-42-28-14-12-27(13-15-28)35-33(41)40-16-4-5-17-40/h6-15,24H,4-5,16-23H2,1-3H3,(H,35,41)(H,36,37). The zero-order valence-electron chi connectivity index (χ0n) is 25.0. The number of amides is 2. The number of likely N-dealkylation sites (tertiary alicyclic amines) is 1. The van der Waals surface area contributed by atoms with Crippen LogP contribution >= 0.6 is 0 Å². The van der Waals surface area contributed by atoms with E-state index >= 15 is 0 Å². The number of anilines is 2. The number of H-pyrrole nitrogens is 1. The van der Waals surface area contributed by atoms with Crippen molar-refractivity contribution in [1.82, 2.24) is 19.8 Å². The molecule has 8 nitrogen and oxygen atoms in total. The van der Waals surface area contributed by atoms with Crippen LogP contribution in [-0.2, 0) is 5.41 Å². The first kappa shape index (κ1) is 28.1. The minimum absolute atomic E-state index is 0.0184. The number of fused-ring (bicyclic) bond motifs is 1. The summed E-state index contributed by atoms with van der Waals surface area (Å²) in [6, 6.07) is 22.8. The molecule has 2 amide bonds. The molecule has 0 atom stereocenters. The predicted molar refractivity (Wildman–Crippen MR) is 171 cm³/mol. The number of hydrogen-bond donors (Lipinski definition) is 2. The fourth-order valence-electron chi connectivity index (χ4n) is 5.80. The van der Waals surface area contributed by atoms with Gasteiger partial charge in [-0.05, 0) is 66.3 Å². The number of hydrogen-bond acceptors (Lipinski definition) is 5. The van der Waals surface area contributed by atoms with Gasteiger partial charge in [0, 0.05) is 57.1 Å². The summed E-state index contributed by atoms with van der Waals surface area (Å²) in [5.41, 5.74) is 6.61. The average Bonchev–Trinajstić information content (AvgIpc) is 3.69. The van der Waals surface area contributed by atoms with Crippen molar-refractivity contribution < 1.29 is 9.53 Å². The van der Waals surface area contributed by atoms with Crippen molar-refractivity contribution in [2.75, 3.05) is 62.6 Å². The number of nitrogens with one attached hydrogen (secondary N) is 2. The van der Waals surface area contributed by atoms with E-state index < -0.39 is 0 Å². The molecule has 0 saturated carbocycles. The zero-order chi connectivity index (χ0) is 29.1. The Morgan fingerprint density at radius 1 is 0.929 bits per heavy atom. The fraction of sp³-hybridized carbons (Fsp3) is 0.412. The number of nitrogens with zero attached hydrogens (tertiary/aromatic N) is 4. The molecule has 0 unspecified atom stereocenters. The Hall–Kier alpha value is -4.04. The molecule has 2 aliphatic heterocycles. The first-order chi connectivity index (χ1) is 20.3. The largest absolute Gasteiger partial charge is 0.492 e. The number of urea groups is 1. The van der Waals surface area contributed by atoms with E-state index in [4.69, 9.17) is 9.72 Å². The van der Waals surface area contributed by atoms with Crippen molar-refractivity contribution in [2.24, 2.45) is 0 Å². The molecule has 6 rings (SSSR count). The lowest BCUT2D eigenvalue weighted by Crippen LogP contribution is -2.47. The van der Waals surface area contributed by atoms with Crippen molar-refractivity contribution in [3.63, 3.8) is 0 Å². The van der Waals surface area contributed by atoms with Crippen LogP contribution in [0.5, 0.6) is 5.75 Å². The molecule has 2 saturated heterocycles. The second-order valence-corrected chi connectivity index (χ2v) is 12.4. The molecule has 3 heterocycles. The highest BCUT2D eigenvalue weighted by molar-refractivity contribution is 5.91. The topological polar surface area (TPSA) is 76.7 Å². The Morgan fingerprint density at radius 3 is 2.40 bits per heavy atom. The van der Waals surface area contributed by atoms with E-state index in [-0.39, 0.29) is 11.4 Å². The maximum atomic E-state index is 12.3. The molecule has 8 heteroatoms. The molecule has 42 heavy (non-hydrogen) atoms. The third kappa shape index (κ3) is 6.39. The van der Waals surface area contributed by atoms with Crippen molar-refractivity contribution in [3.8, 4) is 17.1 Å². The monoisotopic (exact) mass is 566 g/mol. The first-order valence-electron chi connectivity index (χ1n) is 15.2. The lowest BCUT2D eigenvalue weighted by molar-refractivity contribution is 0.200. The highest BCUT2D eigenvalue weighted by Gasteiger charge is 2.21. The molecule has 2 fully saturated rings. The molecule has 0 spiro atoms. The minimum atomic E-state index is -0.0184. The summed E-state index contributed by atoms with van der Waals surface area (Å²) in [7, 11) is 0. The second kappa shape index (κ2) is 12.1. The number of aromatic nitrogens is 2. The molecular weight excluding hydrogens is 524 g/mol. The summed E-state index contributed by atoms with van der Waals surface area (Å²) in [6.07, 6.45) is 2.17. The van der Waals surface area contributed by atoms with Gasteiger partial charge in [-0.2, -0.15) is 0 Å². The van der Waals surface area contributed by atoms with Gasteiger partial charge in [0.25, 0.3) is 0 Å². The first-order valence-corrected chi connectivity index (χ1v) is 15.2. The van der Waals surface area contributed by atoms with Crippen molar-refractivity contribution in [2.45, 2.75) is 39.0 Å². The van der Waals surface area contributed by atoms with Crippen molar-refractivity contribution in [3.05, 3.63) is 72.3 Å². The van der Waals surface area contributed by atoms with Gasteiger partial charge >= 0.3 is 6.03 Å². The van der Waals surface area contributed by atoms with Crippen LogP contribution in [0.15, 0.2) is 66.7 Å². The molecule has 0 aliphatic carbocycles. The van der Waals surface area contributed by atoms with E-state index in [0.29, 0.717) is 6.61 Å². The molecule has 4 aromatic rings. The van der Waals surface area contributed by atoms with Crippen LogP contribution in [0, 0.1) is 0 Å². The third-order valence-corrected chi connectivity index (χ3v) is 8.38. The van der Waals surface area contributed by atoms with Crippen LogP contribution in [0.1, 0.15) is 39.2 Å². The molecule has 2 aliphatic rings. The summed E-state index contributed by atoms with van der Waals surface area (Å²) in [4.78, 5) is 27.7. The molecule has 220 valence electrons. The van der Waals surface area contributed by atoms with Gasteiger partial charge in [0.15, 0.2) is 0 Å². The lowest BCUT2D eigenvalue weighted by atomic mass is 9.86. The van der Waals surface area contributed by atoms with Crippen LogP contribution in [0.3, 0.4) is 0 Å². The lowest BCUT2D eigenvalue weighted by Gasteiger charge is -2.36. The number of imidazole rings is 1. The highest BCUT2D eigenvalue weighted by Crippen LogP contribution is 2.31. The van der Waals surface area contributed by atoms with Crippen LogP contribution in [0.4, 0.5) is 16.2 Å². The number of piperazine rings is 1. The second-order valence-electron chi connectivity index (χ2n) is 12.4. The van der Waals surface area contributed by atoms with Gasteiger partial charge in [-0.15, -0.1) is 0 Å².